The normalized spacial score (nSPS) is 14.7. The Balaban J connectivity index is 1.41. The van der Waals surface area contributed by atoms with Crippen molar-refractivity contribution >= 4 is 11.0 Å². The Morgan fingerprint density at radius 2 is 1.75 bits per heavy atom. The van der Waals surface area contributed by atoms with Crippen molar-refractivity contribution in [1.29, 1.82) is 0 Å². The number of aryl methyl sites for hydroxylation is 2. The van der Waals surface area contributed by atoms with Gasteiger partial charge in [0.2, 0.25) is 5.88 Å². The zero-order chi connectivity index (χ0) is 30.5. The second kappa shape index (κ2) is 11.3. The second-order valence-corrected chi connectivity index (χ2v) is 12.3. The Bertz CT molecular complexity index is 1930. The lowest BCUT2D eigenvalue weighted by Crippen LogP contribution is -2.51. The summed E-state index contributed by atoms with van der Waals surface area (Å²) < 4.78 is 8.28. The molecule has 0 unspecified atom stereocenters. The molecule has 0 atom stereocenters. The third kappa shape index (κ3) is 4.54. The van der Waals surface area contributed by atoms with E-state index in [0.717, 1.165) is 55.6 Å². The van der Waals surface area contributed by atoms with Crippen LogP contribution < -0.4 is 10.3 Å². The minimum absolute atomic E-state index is 0.239. The maximum Gasteiger partial charge on any atom is 0.279 e. The third-order valence-electron chi connectivity index (χ3n) is 9.27. The van der Waals surface area contributed by atoms with Crippen LogP contribution in [0.15, 0.2) is 53.5 Å². The number of hydrogen-bond donors (Lipinski definition) is 1. The molecule has 2 aromatic carbocycles. The highest BCUT2D eigenvalue weighted by Crippen LogP contribution is 2.46. The SMILES string of the molecule is CCCOc1nccc(-c2cccc3c2Cc2cccc(CC)c2-3)c1-c1nc2c(CC)n(C3CN(C(C)C)C3)nc2c(=O)[nH]1. The van der Waals surface area contributed by atoms with Crippen molar-refractivity contribution in [3.63, 3.8) is 0 Å². The van der Waals surface area contributed by atoms with E-state index in [1.54, 1.807) is 6.20 Å². The molecule has 1 N–H and O–H groups in total. The summed E-state index contributed by atoms with van der Waals surface area (Å²) in [6.45, 7) is 13.2. The zero-order valence-corrected chi connectivity index (χ0v) is 26.3. The first-order valence-corrected chi connectivity index (χ1v) is 16.0. The highest BCUT2D eigenvalue weighted by molar-refractivity contribution is 5.92. The number of nitrogens with one attached hydrogen (secondary N) is 1. The highest BCUT2D eigenvalue weighted by Gasteiger charge is 2.33. The summed E-state index contributed by atoms with van der Waals surface area (Å²) in [5.74, 6) is 0.942. The number of rotatable bonds is 9. The number of nitrogens with zero attached hydrogens (tertiary/aromatic N) is 5. The number of likely N-dealkylation sites (tertiary alicyclic amines) is 1. The molecule has 4 heterocycles. The highest BCUT2D eigenvalue weighted by atomic mass is 16.5. The molecule has 0 amide bonds. The van der Waals surface area contributed by atoms with Crippen LogP contribution >= 0.6 is 0 Å². The molecule has 44 heavy (non-hydrogen) atoms. The Morgan fingerprint density at radius 1 is 0.955 bits per heavy atom. The lowest BCUT2D eigenvalue weighted by molar-refractivity contribution is 0.0663. The molecular weight excluding hydrogens is 548 g/mol. The topological polar surface area (TPSA) is 88.9 Å². The van der Waals surface area contributed by atoms with Crippen molar-refractivity contribution in [1.82, 2.24) is 29.6 Å². The lowest BCUT2D eigenvalue weighted by Gasteiger charge is -2.42. The molecule has 8 nitrogen and oxygen atoms in total. The average molecular weight is 589 g/mol. The molecule has 0 bridgehead atoms. The quantitative estimate of drug-likeness (QED) is 0.205. The first-order chi connectivity index (χ1) is 21.4. The number of ether oxygens (including phenoxy) is 1. The van der Waals surface area contributed by atoms with Gasteiger partial charge in [0.05, 0.1) is 23.9 Å². The van der Waals surface area contributed by atoms with Gasteiger partial charge in [0.15, 0.2) is 5.52 Å². The van der Waals surface area contributed by atoms with Gasteiger partial charge >= 0.3 is 0 Å². The fourth-order valence-electron chi connectivity index (χ4n) is 6.95. The summed E-state index contributed by atoms with van der Waals surface area (Å²) in [4.78, 5) is 29.0. The maximum absolute atomic E-state index is 13.7. The summed E-state index contributed by atoms with van der Waals surface area (Å²) >= 11 is 0. The number of aromatic amines is 1. The molecule has 226 valence electrons. The molecule has 1 fully saturated rings. The number of pyridine rings is 1. The summed E-state index contributed by atoms with van der Waals surface area (Å²) in [5.41, 5.74) is 11.2. The third-order valence-corrected chi connectivity index (χ3v) is 9.27. The molecule has 8 heteroatoms. The van der Waals surface area contributed by atoms with Crippen LogP contribution in [-0.4, -0.2) is 55.4 Å². The molecule has 1 aliphatic heterocycles. The van der Waals surface area contributed by atoms with Crippen LogP contribution in [0.25, 0.3) is 44.7 Å². The van der Waals surface area contributed by atoms with Crippen LogP contribution in [0, 0.1) is 0 Å². The van der Waals surface area contributed by atoms with Gasteiger partial charge in [-0.15, -0.1) is 0 Å². The van der Waals surface area contributed by atoms with E-state index in [0.29, 0.717) is 40.9 Å². The molecule has 0 radical (unpaired) electrons. The van der Waals surface area contributed by atoms with Gasteiger partial charge in [0.25, 0.3) is 5.56 Å². The van der Waals surface area contributed by atoms with E-state index in [2.05, 4.69) is 85.9 Å². The van der Waals surface area contributed by atoms with Crippen molar-refractivity contribution in [2.24, 2.45) is 0 Å². The van der Waals surface area contributed by atoms with E-state index in [9.17, 15) is 4.79 Å². The number of H-pyrrole nitrogens is 1. The van der Waals surface area contributed by atoms with E-state index in [-0.39, 0.29) is 11.6 Å². The molecular formula is C36H40N6O2. The molecule has 0 saturated carbocycles. The fourth-order valence-corrected chi connectivity index (χ4v) is 6.95. The molecule has 3 aromatic heterocycles. The molecule has 5 aromatic rings. The largest absolute Gasteiger partial charge is 0.477 e. The predicted molar refractivity (Wildman–Crippen MR) is 175 cm³/mol. The van der Waals surface area contributed by atoms with Crippen molar-refractivity contribution in [3.05, 3.63) is 81.4 Å². The van der Waals surface area contributed by atoms with Gasteiger partial charge in [-0.25, -0.2) is 9.97 Å². The van der Waals surface area contributed by atoms with Crippen LogP contribution in [0.3, 0.4) is 0 Å². The van der Waals surface area contributed by atoms with Gasteiger partial charge < -0.3 is 9.72 Å². The standard InChI is InChI=1S/C36H40N6O2/c1-6-17-44-36-31(34-38-32-29(8-3)42(40-33(32)35(43)39-34)24-19-41(20-24)21(4)5)27(15-16-37-36)25-13-10-14-26-28(25)18-23-12-9-11-22(7-2)30(23)26/h9-16,21,24H,6-8,17-20H2,1-5H3,(H,38,39,43). The Labute approximate surface area is 258 Å². The number of aromatic nitrogens is 5. The first kappa shape index (κ1) is 28.5. The first-order valence-electron chi connectivity index (χ1n) is 16.0. The maximum atomic E-state index is 13.7. The van der Waals surface area contributed by atoms with Gasteiger partial charge in [0, 0.05) is 25.3 Å². The van der Waals surface area contributed by atoms with E-state index in [1.165, 1.54) is 27.8 Å². The van der Waals surface area contributed by atoms with Crippen LogP contribution in [-0.2, 0) is 19.3 Å². The second-order valence-electron chi connectivity index (χ2n) is 12.3. The molecule has 0 spiro atoms. The van der Waals surface area contributed by atoms with Gasteiger partial charge in [-0.05, 0) is 84.5 Å². The van der Waals surface area contributed by atoms with Crippen molar-refractivity contribution in [2.75, 3.05) is 19.7 Å². The number of benzene rings is 2. The van der Waals surface area contributed by atoms with Crippen molar-refractivity contribution in [2.45, 2.75) is 72.4 Å². The minimum atomic E-state index is -0.243. The Kier molecular flexibility index (Phi) is 7.33. The van der Waals surface area contributed by atoms with E-state index in [1.807, 2.05) is 10.7 Å². The van der Waals surface area contributed by atoms with E-state index >= 15 is 0 Å². The van der Waals surface area contributed by atoms with Gasteiger partial charge in [-0.1, -0.05) is 57.2 Å². The van der Waals surface area contributed by atoms with Crippen LogP contribution in [0.4, 0.5) is 0 Å². The summed E-state index contributed by atoms with van der Waals surface area (Å²) in [6, 6.07) is 15.9. The molecule has 2 aliphatic rings. The number of fused-ring (bicyclic) bond motifs is 4. The monoisotopic (exact) mass is 588 g/mol. The average Bonchev–Trinajstić information content (AvgIpc) is 3.57. The predicted octanol–water partition coefficient (Wildman–Crippen LogP) is 6.60. The summed E-state index contributed by atoms with van der Waals surface area (Å²) in [7, 11) is 0. The number of hydrogen-bond acceptors (Lipinski definition) is 6. The van der Waals surface area contributed by atoms with Crippen molar-refractivity contribution in [3.8, 4) is 39.5 Å². The Morgan fingerprint density at radius 3 is 2.50 bits per heavy atom. The molecule has 7 rings (SSSR count). The fraction of sp³-hybridized carbons (Fsp3) is 0.389. The van der Waals surface area contributed by atoms with Crippen LogP contribution in [0.1, 0.15) is 69.5 Å². The van der Waals surface area contributed by atoms with Gasteiger partial charge in [0.1, 0.15) is 11.3 Å². The van der Waals surface area contributed by atoms with Gasteiger partial charge in [-0.3, -0.25) is 14.4 Å². The van der Waals surface area contributed by atoms with E-state index in [4.69, 9.17) is 14.8 Å². The Hall–Kier alpha value is -4.30. The summed E-state index contributed by atoms with van der Waals surface area (Å²) in [6.07, 6.45) is 5.20. The van der Waals surface area contributed by atoms with Crippen LogP contribution in [0.5, 0.6) is 5.88 Å². The molecule has 1 saturated heterocycles. The van der Waals surface area contributed by atoms with Gasteiger partial charge in [-0.2, -0.15) is 5.10 Å². The van der Waals surface area contributed by atoms with Crippen molar-refractivity contribution < 1.29 is 4.74 Å². The minimum Gasteiger partial charge on any atom is -0.477 e. The van der Waals surface area contributed by atoms with E-state index < -0.39 is 0 Å². The zero-order valence-electron chi connectivity index (χ0n) is 26.3. The molecule has 1 aliphatic carbocycles. The van der Waals surface area contributed by atoms with Crippen LogP contribution in [0.2, 0.25) is 0 Å². The lowest BCUT2D eigenvalue weighted by atomic mass is 9.92. The summed E-state index contributed by atoms with van der Waals surface area (Å²) in [5, 5.41) is 4.81. The smallest absolute Gasteiger partial charge is 0.279 e.